The van der Waals surface area contributed by atoms with Gasteiger partial charge >= 0.3 is 5.97 Å². The molecular weight excluding hydrogens is 214 g/mol. The van der Waals surface area contributed by atoms with Gasteiger partial charge in [-0.3, -0.25) is 4.79 Å². The smallest absolute Gasteiger partial charge is 0.303 e. The highest BCUT2D eigenvalue weighted by Gasteiger charge is 2.67. The minimum atomic E-state index is -0.685. The number of carboxylic acids is 1. The highest BCUT2D eigenvalue weighted by molar-refractivity contribution is 5.68. The molecule has 0 aliphatic heterocycles. The van der Waals surface area contributed by atoms with E-state index in [4.69, 9.17) is 10.8 Å². The van der Waals surface area contributed by atoms with E-state index in [2.05, 4.69) is 13.0 Å². The zero-order chi connectivity index (χ0) is 12.2. The molecule has 3 heteroatoms. The normalized spacial score (nSPS) is 46.4. The Labute approximate surface area is 102 Å². The second-order valence-corrected chi connectivity index (χ2v) is 6.00. The molecule has 2 saturated carbocycles. The van der Waals surface area contributed by atoms with Crippen LogP contribution in [-0.2, 0) is 4.79 Å². The van der Waals surface area contributed by atoms with Gasteiger partial charge in [-0.15, -0.1) is 0 Å². The molecule has 3 aliphatic carbocycles. The standard InChI is InChI=1S/C14H21NO2/c1-2-8-5-11-13-9(8)3-4-10(13)14(11,7-15)6-12(16)17/h5,9-11,13H,2-4,6-7,15H2,1H3,(H,16,17)/t9?,10-,11+,13+,14+/m0/s1. The molecule has 94 valence electrons. The van der Waals surface area contributed by atoms with Crippen LogP contribution in [0.3, 0.4) is 0 Å². The van der Waals surface area contributed by atoms with E-state index in [1.165, 1.54) is 12.8 Å². The van der Waals surface area contributed by atoms with Crippen molar-refractivity contribution in [1.82, 2.24) is 0 Å². The van der Waals surface area contributed by atoms with E-state index in [1.807, 2.05) is 0 Å². The van der Waals surface area contributed by atoms with E-state index in [9.17, 15) is 4.79 Å². The predicted molar refractivity (Wildman–Crippen MR) is 65.3 cm³/mol. The maximum Gasteiger partial charge on any atom is 0.303 e. The molecule has 0 aromatic carbocycles. The molecule has 0 saturated heterocycles. The van der Waals surface area contributed by atoms with Crippen molar-refractivity contribution < 1.29 is 9.90 Å². The van der Waals surface area contributed by atoms with Crippen molar-refractivity contribution >= 4 is 5.97 Å². The highest BCUT2D eigenvalue weighted by atomic mass is 16.4. The first-order valence-corrected chi connectivity index (χ1v) is 6.76. The molecule has 0 amide bonds. The Morgan fingerprint density at radius 1 is 1.59 bits per heavy atom. The second-order valence-electron chi connectivity index (χ2n) is 6.00. The number of hydrogen-bond acceptors (Lipinski definition) is 2. The molecule has 3 nitrogen and oxygen atoms in total. The van der Waals surface area contributed by atoms with Crippen LogP contribution in [-0.4, -0.2) is 17.6 Å². The number of rotatable bonds is 4. The van der Waals surface area contributed by atoms with Crippen LogP contribution in [0.15, 0.2) is 11.6 Å². The molecule has 0 spiro atoms. The Hall–Kier alpha value is -0.830. The van der Waals surface area contributed by atoms with Crippen LogP contribution in [0.2, 0.25) is 0 Å². The summed E-state index contributed by atoms with van der Waals surface area (Å²) in [6.45, 7) is 2.75. The lowest BCUT2D eigenvalue weighted by Crippen LogP contribution is -2.58. The summed E-state index contributed by atoms with van der Waals surface area (Å²) in [6.07, 6.45) is 6.20. The van der Waals surface area contributed by atoms with Gasteiger partial charge in [0, 0.05) is 5.41 Å². The predicted octanol–water partition coefficient (Wildman–Crippen LogP) is 2.03. The van der Waals surface area contributed by atoms with Crippen LogP contribution < -0.4 is 5.73 Å². The third kappa shape index (κ3) is 1.23. The Bertz CT molecular complexity index is 390. The lowest BCUT2D eigenvalue weighted by Gasteiger charge is -2.57. The summed E-state index contributed by atoms with van der Waals surface area (Å²) in [5.74, 6) is 1.82. The lowest BCUT2D eigenvalue weighted by atomic mass is 9.47. The molecule has 5 atom stereocenters. The maximum absolute atomic E-state index is 11.1. The fraction of sp³-hybridized carbons (Fsp3) is 0.786. The zero-order valence-corrected chi connectivity index (χ0v) is 10.4. The summed E-state index contributed by atoms with van der Waals surface area (Å²) in [4.78, 5) is 11.1. The highest BCUT2D eigenvalue weighted by Crippen LogP contribution is 2.71. The minimum absolute atomic E-state index is 0.123. The van der Waals surface area contributed by atoms with Gasteiger partial charge in [-0.25, -0.2) is 0 Å². The summed E-state index contributed by atoms with van der Waals surface area (Å²) in [5, 5.41) is 9.14. The average molecular weight is 235 g/mol. The van der Waals surface area contributed by atoms with Gasteiger partial charge in [-0.05, 0) is 49.5 Å². The molecule has 2 fully saturated rings. The van der Waals surface area contributed by atoms with Gasteiger partial charge in [0.1, 0.15) is 0 Å². The van der Waals surface area contributed by atoms with E-state index in [1.54, 1.807) is 5.57 Å². The van der Waals surface area contributed by atoms with E-state index >= 15 is 0 Å². The van der Waals surface area contributed by atoms with E-state index < -0.39 is 5.97 Å². The lowest BCUT2D eigenvalue weighted by molar-refractivity contribution is -0.150. The zero-order valence-electron chi connectivity index (χ0n) is 10.4. The van der Waals surface area contributed by atoms with Crippen molar-refractivity contribution in [2.24, 2.45) is 34.8 Å². The Morgan fingerprint density at radius 3 is 2.94 bits per heavy atom. The average Bonchev–Trinajstić information content (AvgIpc) is 2.79. The monoisotopic (exact) mass is 235 g/mol. The molecule has 1 unspecified atom stereocenters. The summed E-state index contributed by atoms with van der Waals surface area (Å²) < 4.78 is 0. The Balaban J connectivity index is 1.93. The summed E-state index contributed by atoms with van der Waals surface area (Å²) in [7, 11) is 0. The number of carboxylic acid groups (broad SMARTS) is 1. The first-order valence-electron chi connectivity index (χ1n) is 6.76. The Morgan fingerprint density at radius 2 is 2.35 bits per heavy atom. The van der Waals surface area contributed by atoms with Crippen LogP contribution in [0.5, 0.6) is 0 Å². The van der Waals surface area contributed by atoms with Gasteiger partial charge in [0.05, 0.1) is 6.42 Å². The number of nitrogens with two attached hydrogens (primary N) is 1. The van der Waals surface area contributed by atoms with E-state index in [0.717, 1.165) is 18.3 Å². The summed E-state index contributed by atoms with van der Waals surface area (Å²) >= 11 is 0. The number of aliphatic carboxylic acids is 1. The van der Waals surface area contributed by atoms with E-state index in [0.29, 0.717) is 18.4 Å². The van der Waals surface area contributed by atoms with Crippen LogP contribution in [0.1, 0.15) is 32.6 Å². The molecule has 17 heavy (non-hydrogen) atoms. The number of carbonyl (C=O) groups is 1. The van der Waals surface area contributed by atoms with Crippen LogP contribution >= 0.6 is 0 Å². The fourth-order valence-electron chi connectivity index (χ4n) is 5.04. The van der Waals surface area contributed by atoms with Gasteiger partial charge < -0.3 is 10.8 Å². The first-order chi connectivity index (χ1) is 8.14. The van der Waals surface area contributed by atoms with Crippen molar-refractivity contribution in [2.45, 2.75) is 32.6 Å². The van der Waals surface area contributed by atoms with Crippen molar-refractivity contribution in [3.8, 4) is 0 Å². The van der Waals surface area contributed by atoms with Crippen LogP contribution in [0.4, 0.5) is 0 Å². The maximum atomic E-state index is 11.1. The SMILES string of the molecule is CCC1=C[C@@H]2[C@@H]3C1CC[C@@H]3[C@]2(CN)CC(=O)O. The molecule has 3 aliphatic rings. The quantitative estimate of drug-likeness (QED) is 0.733. The molecule has 0 aromatic heterocycles. The van der Waals surface area contributed by atoms with Gasteiger partial charge in [-0.2, -0.15) is 0 Å². The van der Waals surface area contributed by atoms with Gasteiger partial charge in [0.2, 0.25) is 0 Å². The molecule has 0 bridgehead atoms. The third-order valence-corrected chi connectivity index (χ3v) is 5.67. The van der Waals surface area contributed by atoms with Crippen molar-refractivity contribution in [3.63, 3.8) is 0 Å². The molecular formula is C14H21NO2. The first kappa shape index (κ1) is 11.3. The van der Waals surface area contributed by atoms with Crippen molar-refractivity contribution in [3.05, 3.63) is 11.6 Å². The largest absolute Gasteiger partial charge is 0.481 e. The molecule has 3 N–H and O–H groups in total. The summed E-state index contributed by atoms with van der Waals surface area (Å²) in [5.41, 5.74) is 7.40. The molecule has 0 aromatic rings. The fourth-order valence-corrected chi connectivity index (χ4v) is 5.04. The van der Waals surface area contributed by atoms with Crippen molar-refractivity contribution in [2.75, 3.05) is 6.54 Å². The van der Waals surface area contributed by atoms with Gasteiger partial charge in [0.15, 0.2) is 0 Å². The molecule has 3 rings (SSSR count). The molecule has 0 heterocycles. The van der Waals surface area contributed by atoms with Crippen LogP contribution in [0.25, 0.3) is 0 Å². The molecule has 0 radical (unpaired) electrons. The van der Waals surface area contributed by atoms with Gasteiger partial charge in [-0.1, -0.05) is 18.6 Å². The number of hydrogen-bond donors (Lipinski definition) is 2. The van der Waals surface area contributed by atoms with Crippen LogP contribution in [0, 0.1) is 29.1 Å². The topological polar surface area (TPSA) is 63.3 Å². The second kappa shape index (κ2) is 3.58. The van der Waals surface area contributed by atoms with Crippen molar-refractivity contribution in [1.29, 1.82) is 0 Å². The van der Waals surface area contributed by atoms with E-state index in [-0.39, 0.29) is 11.8 Å². The Kier molecular flexibility index (Phi) is 2.37. The third-order valence-electron chi connectivity index (χ3n) is 5.67. The number of allylic oxidation sites excluding steroid dienone is 2. The summed E-state index contributed by atoms with van der Waals surface area (Å²) in [6, 6.07) is 0. The van der Waals surface area contributed by atoms with Gasteiger partial charge in [0.25, 0.3) is 0 Å². The minimum Gasteiger partial charge on any atom is -0.481 e.